The van der Waals surface area contributed by atoms with Gasteiger partial charge in [0.15, 0.2) is 0 Å². The molecular formula is C19H21ClN6O. The minimum atomic E-state index is 0.00115. The van der Waals surface area contributed by atoms with Crippen LogP contribution in [0.1, 0.15) is 23.7 Å². The number of anilines is 1. The highest BCUT2D eigenvalue weighted by molar-refractivity contribution is 6.31. The lowest BCUT2D eigenvalue weighted by Crippen LogP contribution is -2.27. The van der Waals surface area contributed by atoms with Crippen LogP contribution in [-0.4, -0.2) is 44.1 Å². The number of benzene rings is 1. The standard InChI is InChI=1S/C19H21ClN6O/c1-11-15(9-24-26(11)3)18-12(6-17(27)25(18)2)8-21-19-14-5-4-13(20)7-16(14)22-10-23-19/h4-5,7,9-10,12,18H,6,8H2,1-3H3,(H,21,22,23)/t12-,18+/m0/s1. The molecule has 1 fully saturated rings. The third-order valence-electron chi connectivity index (χ3n) is 5.42. The first kappa shape index (κ1) is 17.7. The Morgan fingerprint density at radius 1 is 1.30 bits per heavy atom. The van der Waals surface area contributed by atoms with Crippen molar-refractivity contribution in [1.82, 2.24) is 24.6 Å². The normalized spacial score (nSPS) is 19.9. The van der Waals surface area contributed by atoms with Crippen LogP contribution in [0.3, 0.4) is 0 Å². The van der Waals surface area contributed by atoms with Crippen LogP contribution in [0.5, 0.6) is 0 Å². The van der Waals surface area contributed by atoms with Crippen LogP contribution in [-0.2, 0) is 11.8 Å². The molecule has 3 aromatic rings. The fourth-order valence-electron chi connectivity index (χ4n) is 3.80. The number of nitrogens with one attached hydrogen (secondary N) is 1. The van der Waals surface area contributed by atoms with E-state index in [1.807, 2.05) is 55.0 Å². The molecule has 1 saturated heterocycles. The number of carbonyl (C=O) groups is 1. The van der Waals surface area contributed by atoms with Crippen molar-refractivity contribution in [3.8, 4) is 0 Å². The molecule has 1 amide bonds. The fraction of sp³-hybridized carbons (Fsp3) is 0.368. The van der Waals surface area contributed by atoms with Gasteiger partial charge in [-0.1, -0.05) is 11.6 Å². The van der Waals surface area contributed by atoms with E-state index in [0.29, 0.717) is 18.0 Å². The Hall–Kier alpha value is -2.67. The Morgan fingerprint density at radius 2 is 2.11 bits per heavy atom. The van der Waals surface area contributed by atoms with Crippen molar-refractivity contribution >= 4 is 34.2 Å². The zero-order valence-electron chi connectivity index (χ0n) is 15.5. The van der Waals surface area contributed by atoms with Crippen molar-refractivity contribution in [3.63, 3.8) is 0 Å². The maximum Gasteiger partial charge on any atom is 0.223 e. The van der Waals surface area contributed by atoms with Crippen LogP contribution in [0, 0.1) is 12.8 Å². The molecule has 1 aliphatic heterocycles. The predicted octanol–water partition coefficient (Wildman–Crippen LogP) is 2.96. The van der Waals surface area contributed by atoms with E-state index in [1.165, 1.54) is 6.33 Å². The van der Waals surface area contributed by atoms with Crippen LogP contribution in [0.4, 0.5) is 5.82 Å². The molecule has 2 atom stereocenters. The summed E-state index contributed by atoms with van der Waals surface area (Å²) < 4.78 is 1.85. The first-order valence-electron chi connectivity index (χ1n) is 8.84. The van der Waals surface area contributed by atoms with Gasteiger partial charge in [-0.25, -0.2) is 9.97 Å². The summed E-state index contributed by atoms with van der Waals surface area (Å²) in [6, 6.07) is 5.56. The summed E-state index contributed by atoms with van der Waals surface area (Å²) in [5.41, 5.74) is 2.96. The summed E-state index contributed by atoms with van der Waals surface area (Å²) in [7, 11) is 3.78. The Bertz CT molecular complexity index is 1020. The van der Waals surface area contributed by atoms with E-state index in [0.717, 1.165) is 28.0 Å². The smallest absolute Gasteiger partial charge is 0.223 e. The van der Waals surface area contributed by atoms with Crippen molar-refractivity contribution < 1.29 is 4.79 Å². The molecule has 140 valence electrons. The summed E-state index contributed by atoms with van der Waals surface area (Å²) >= 11 is 6.06. The fourth-order valence-corrected chi connectivity index (χ4v) is 3.97. The Morgan fingerprint density at radius 3 is 2.85 bits per heavy atom. The molecule has 27 heavy (non-hydrogen) atoms. The van der Waals surface area contributed by atoms with Crippen LogP contribution < -0.4 is 5.32 Å². The van der Waals surface area contributed by atoms with Gasteiger partial charge in [0.05, 0.1) is 17.8 Å². The topological polar surface area (TPSA) is 75.9 Å². The third-order valence-corrected chi connectivity index (χ3v) is 5.65. The highest BCUT2D eigenvalue weighted by Gasteiger charge is 2.39. The highest BCUT2D eigenvalue weighted by atomic mass is 35.5. The molecule has 1 aliphatic rings. The lowest BCUT2D eigenvalue weighted by Gasteiger charge is -2.25. The van der Waals surface area contributed by atoms with Crippen molar-refractivity contribution in [1.29, 1.82) is 0 Å². The first-order valence-corrected chi connectivity index (χ1v) is 9.22. The van der Waals surface area contributed by atoms with Crippen LogP contribution >= 0.6 is 11.6 Å². The number of halogens is 1. The largest absolute Gasteiger partial charge is 0.369 e. The van der Waals surface area contributed by atoms with Gasteiger partial charge in [-0.2, -0.15) is 5.10 Å². The zero-order chi connectivity index (χ0) is 19.1. The molecular weight excluding hydrogens is 364 g/mol. The third kappa shape index (κ3) is 3.12. The van der Waals surface area contributed by atoms with Crippen LogP contribution in [0.15, 0.2) is 30.7 Å². The molecule has 3 heterocycles. The number of aromatic nitrogens is 4. The summed E-state index contributed by atoms with van der Waals surface area (Å²) in [6.45, 7) is 2.66. The van der Waals surface area contributed by atoms with Crippen molar-refractivity contribution in [2.24, 2.45) is 13.0 Å². The van der Waals surface area contributed by atoms with Gasteiger partial charge in [0.1, 0.15) is 12.1 Å². The molecule has 0 spiro atoms. The molecule has 1 N–H and O–H groups in total. The summed E-state index contributed by atoms with van der Waals surface area (Å²) in [5.74, 6) is 1.03. The Labute approximate surface area is 162 Å². The first-order chi connectivity index (χ1) is 13.0. The number of rotatable bonds is 4. The predicted molar refractivity (Wildman–Crippen MR) is 105 cm³/mol. The molecule has 8 heteroatoms. The van der Waals surface area contributed by atoms with Gasteiger partial charge in [0, 0.05) is 54.6 Å². The maximum atomic E-state index is 12.4. The number of carbonyl (C=O) groups excluding carboxylic acids is 1. The number of amides is 1. The van der Waals surface area contributed by atoms with E-state index in [2.05, 4.69) is 20.4 Å². The van der Waals surface area contributed by atoms with Gasteiger partial charge in [0.2, 0.25) is 5.91 Å². The van der Waals surface area contributed by atoms with Crippen molar-refractivity contribution in [2.75, 3.05) is 18.9 Å². The Balaban J connectivity index is 1.60. The minimum absolute atomic E-state index is 0.00115. The summed E-state index contributed by atoms with van der Waals surface area (Å²) in [4.78, 5) is 22.9. The van der Waals surface area contributed by atoms with E-state index >= 15 is 0 Å². The average molecular weight is 385 g/mol. The lowest BCUT2D eigenvalue weighted by atomic mass is 9.94. The molecule has 2 aromatic heterocycles. The zero-order valence-corrected chi connectivity index (χ0v) is 16.2. The SMILES string of the molecule is Cc1c([C@H]2[C@H](CNc3ncnc4cc(Cl)ccc34)CC(=O)N2C)cnn1C. The van der Waals surface area contributed by atoms with Crippen LogP contribution in [0.2, 0.25) is 5.02 Å². The number of likely N-dealkylation sites (tertiary alicyclic amines) is 1. The van der Waals surface area contributed by atoms with Gasteiger partial charge in [-0.15, -0.1) is 0 Å². The summed E-state index contributed by atoms with van der Waals surface area (Å²) in [5, 5.41) is 9.32. The van der Waals surface area contributed by atoms with E-state index in [1.54, 1.807) is 0 Å². The molecule has 4 rings (SSSR count). The van der Waals surface area contributed by atoms with Gasteiger partial charge in [-0.3, -0.25) is 9.48 Å². The van der Waals surface area contributed by atoms with Crippen LogP contribution in [0.25, 0.3) is 10.9 Å². The molecule has 0 bridgehead atoms. The molecule has 0 aliphatic carbocycles. The number of aryl methyl sites for hydroxylation is 1. The number of nitrogens with zero attached hydrogens (tertiary/aromatic N) is 5. The summed E-state index contributed by atoms with van der Waals surface area (Å²) in [6.07, 6.45) is 3.89. The molecule has 0 radical (unpaired) electrons. The van der Waals surface area contributed by atoms with Gasteiger partial charge < -0.3 is 10.2 Å². The molecule has 0 unspecified atom stereocenters. The lowest BCUT2D eigenvalue weighted by molar-refractivity contribution is -0.127. The highest BCUT2D eigenvalue weighted by Crippen LogP contribution is 2.38. The molecule has 0 saturated carbocycles. The number of fused-ring (bicyclic) bond motifs is 1. The average Bonchev–Trinajstić information content (AvgIpc) is 3.12. The van der Waals surface area contributed by atoms with E-state index in [4.69, 9.17) is 11.6 Å². The molecule has 7 nitrogen and oxygen atoms in total. The van der Waals surface area contributed by atoms with Crippen molar-refractivity contribution in [3.05, 3.63) is 47.0 Å². The number of hydrogen-bond acceptors (Lipinski definition) is 5. The van der Waals surface area contributed by atoms with E-state index < -0.39 is 0 Å². The van der Waals surface area contributed by atoms with E-state index in [-0.39, 0.29) is 17.9 Å². The quantitative estimate of drug-likeness (QED) is 0.748. The Kier molecular flexibility index (Phi) is 4.47. The van der Waals surface area contributed by atoms with Crippen molar-refractivity contribution in [2.45, 2.75) is 19.4 Å². The minimum Gasteiger partial charge on any atom is -0.369 e. The van der Waals surface area contributed by atoms with Gasteiger partial charge in [-0.05, 0) is 25.1 Å². The second-order valence-corrected chi connectivity index (χ2v) is 7.42. The second kappa shape index (κ2) is 6.81. The molecule has 1 aromatic carbocycles. The maximum absolute atomic E-state index is 12.4. The van der Waals surface area contributed by atoms with E-state index in [9.17, 15) is 4.79 Å². The van der Waals surface area contributed by atoms with Gasteiger partial charge in [0.25, 0.3) is 0 Å². The van der Waals surface area contributed by atoms with Gasteiger partial charge >= 0.3 is 0 Å². The number of hydrogen-bond donors (Lipinski definition) is 1. The second-order valence-electron chi connectivity index (χ2n) is 6.99. The monoisotopic (exact) mass is 384 g/mol.